The molecule has 0 amide bonds. The summed E-state index contributed by atoms with van der Waals surface area (Å²) in [5.41, 5.74) is 2.49. The SMILES string of the molecule is CC(C)OC(=O)OCOP(=O)(OCOC(=O)OC(C)C)OCC1(F)OC(n2cnc3c(=O)[nH]c(N)nc32)CC1(C)O. The first kappa shape index (κ1) is 32.2. The van der Waals surface area contributed by atoms with Crippen molar-refractivity contribution >= 4 is 37.2 Å². The maximum Gasteiger partial charge on any atom is 0.510 e. The molecule has 0 aliphatic carbocycles. The van der Waals surface area contributed by atoms with Crippen molar-refractivity contribution in [3.8, 4) is 0 Å². The van der Waals surface area contributed by atoms with Gasteiger partial charge in [0.15, 0.2) is 11.2 Å². The summed E-state index contributed by atoms with van der Waals surface area (Å²) in [5.74, 6) is -3.30. The highest BCUT2D eigenvalue weighted by Crippen LogP contribution is 2.53. The lowest BCUT2D eigenvalue weighted by Crippen LogP contribution is -2.48. The number of nitrogens with two attached hydrogens (primary N) is 1. The molecule has 1 aliphatic heterocycles. The predicted molar refractivity (Wildman–Crippen MR) is 133 cm³/mol. The first-order chi connectivity index (χ1) is 19.0. The number of H-pyrrole nitrogens is 1. The number of nitrogens with one attached hydrogen (secondary N) is 1. The summed E-state index contributed by atoms with van der Waals surface area (Å²) in [4.78, 5) is 45.4. The van der Waals surface area contributed by atoms with Crippen LogP contribution in [0.1, 0.15) is 47.3 Å². The minimum atomic E-state index is -4.87. The fourth-order valence-corrected chi connectivity index (χ4v) is 4.29. The number of phosphoric ester groups is 1. The number of fused-ring (bicyclic) bond motifs is 1. The zero-order valence-corrected chi connectivity index (χ0v) is 23.6. The van der Waals surface area contributed by atoms with E-state index in [2.05, 4.69) is 24.4 Å². The minimum absolute atomic E-state index is 0.0505. The highest BCUT2D eigenvalue weighted by atomic mass is 31.2. The molecule has 41 heavy (non-hydrogen) atoms. The molecular weight excluding hydrogens is 580 g/mol. The molecule has 0 radical (unpaired) electrons. The molecule has 0 spiro atoms. The van der Waals surface area contributed by atoms with Crippen LogP contribution in [0.4, 0.5) is 19.9 Å². The molecule has 3 heterocycles. The lowest BCUT2D eigenvalue weighted by atomic mass is 9.96. The standard InChI is InChI=1S/C21H31FN5O13P/c1-11(2)38-18(29)33-9-36-41(32,37-10-34-19(30)39-12(3)4)35-7-21(22)20(5,31)6-13(40-21)27-8-24-14-15(27)25-17(23)26-16(14)28/h8,11-13,31H,6-7,9-10H2,1-5H3,(H3,23,25,26,28). The lowest BCUT2D eigenvalue weighted by molar-refractivity contribution is -0.234. The Labute approximate surface area is 231 Å². The molecule has 1 saturated heterocycles. The van der Waals surface area contributed by atoms with E-state index in [0.717, 1.165) is 13.3 Å². The summed E-state index contributed by atoms with van der Waals surface area (Å²) in [6.07, 6.45) is -4.00. The molecule has 1 aliphatic rings. The Balaban J connectivity index is 1.73. The number of imidazole rings is 1. The van der Waals surface area contributed by atoms with Crippen LogP contribution in [0.5, 0.6) is 0 Å². The van der Waals surface area contributed by atoms with Crippen LogP contribution in [-0.2, 0) is 41.8 Å². The fraction of sp³-hybridized carbons (Fsp3) is 0.667. The van der Waals surface area contributed by atoms with Crippen LogP contribution in [0.15, 0.2) is 11.1 Å². The van der Waals surface area contributed by atoms with Gasteiger partial charge in [0.1, 0.15) is 18.4 Å². The van der Waals surface area contributed by atoms with Gasteiger partial charge < -0.3 is 34.5 Å². The van der Waals surface area contributed by atoms with Crippen LogP contribution in [0.2, 0.25) is 0 Å². The van der Waals surface area contributed by atoms with Crippen molar-refractivity contribution in [2.45, 2.75) is 70.9 Å². The highest BCUT2D eigenvalue weighted by Gasteiger charge is 2.59. The Morgan fingerprint density at radius 2 is 1.76 bits per heavy atom. The molecule has 2 aromatic heterocycles. The molecule has 4 N–H and O–H groups in total. The number of anilines is 1. The maximum atomic E-state index is 16.0. The van der Waals surface area contributed by atoms with Crippen LogP contribution < -0.4 is 11.3 Å². The Morgan fingerprint density at radius 1 is 1.20 bits per heavy atom. The molecule has 2 aromatic rings. The number of rotatable bonds is 12. The third kappa shape index (κ3) is 8.11. The predicted octanol–water partition coefficient (Wildman–Crippen LogP) is 2.23. The summed E-state index contributed by atoms with van der Waals surface area (Å²) in [5, 5.41) is 10.9. The number of ether oxygens (including phenoxy) is 5. The number of aromatic amines is 1. The number of nitrogens with zero attached hydrogens (tertiary/aromatic N) is 3. The van der Waals surface area contributed by atoms with Gasteiger partial charge in [-0.1, -0.05) is 0 Å². The van der Waals surface area contributed by atoms with Gasteiger partial charge >= 0.3 is 20.1 Å². The van der Waals surface area contributed by atoms with E-state index in [1.165, 1.54) is 4.57 Å². The van der Waals surface area contributed by atoms with E-state index in [-0.39, 0.29) is 17.1 Å². The molecule has 0 aromatic carbocycles. The number of alkyl halides is 1. The first-order valence-electron chi connectivity index (χ1n) is 12.1. The molecular formula is C21H31FN5O13P. The quantitative estimate of drug-likeness (QED) is 0.177. The number of carbonyl (C=O) groups is 2. The van der Waals surface area contributed by atoms with Gasteiger partial charge in [-0.15, -0.1) is 0 Å². The van der Waals surface area contributed by atoms with Crippen molar-refractivity contribution in [2.75, 3.05) is 25.9 Å². The largest absolute Gasteiger partial charge is 0.510 e. The van der Waals surface area contributed by atoms with Gasteiger partial charge in [0.2, 0.25) is 19.5 Å². The molecule has 0 bridgehead atoms. The zero-order chi connectivity index (χ0) is 30.6. The Bertz CT molecular complexity index is 1320. The summed E-state index contributed by atoms with van der Waals surface area (Å²) >= 11 is 0. The number of hydrogen-bond acceptors (Lipinski definition) is 16. The molecule has 0 saturated carbocycles. The van der Waals surface area contributed by atoms with E-state index in [4.69, 9.17) is 33.5 Å². The average molecular weight is 611 g/mol. The summed E-state index contributed by atoms with van der Waals surface area (Å²) in [6, 6.07) is 0. The number of nitrogen functional groups attached to an aromatic ring is 1. The molecule has 1 fully saturated rings. The van der Waals surface area contributed by atoms with Crippen LogP contribution >= 0.6 is 7.82 Å². The lowest BCUT2D eigenvalue weighted by Gasteiger charge is -2.31. The second kappa shape index (κ2) is 12.7. The van der Waals surface area contributed by atoms with Crippen molar-refractivity contribution in [1.82, 2.24) is 19.5 Å². The van der Waals surface area contributed by atoms with Crippen LogP contribution in [0.25, 0.3) is 11.2 Å². The highest BCUT2D eigenvalue weighted by molar-refractivity contribution is 7.48. The molecule has 20 heteroatoms. The van der Waals surface area contributed by atoms with Crippen molar-refractivity contribution < 1.29 is 60.9 Å². The zero-order valence-electron chi connectivity index (χ0n) is 22.7. The Hall–Kier alpha value is -3.35. The topological polar surface area (TPSA) is 235 Å². The summed E-state index contributed by atoms with van der Waals surface area (Å²) in [7, 11) is -4.87. The number of aromatic nitrogens is 4. The fourth-order valence-electron chi connectivity index (χ4n) is 3.38. The van der Waals surface area contributed by atoms with E-state index in [9.17, 15) is 24.1 Å². The van der Waals surface area contributed by atoms with Gasteiger partial charge in [-0.25, -0.2) is 32.6 Å². The van der Waals surface area contributed by atoms with E-state index >= 15 is 4.39 Å². The molecule has 3 rings (SSSR count). The second-order valence-electron chi connectivity index (χ2n) is 9.39. The Kier molecular flexibility index (Phi) is 9.94. The molecule has 230 valence electrons. The second-order valence-corrected chi connectivity index (χ2v) is 11.1. The van der Waals surface area contributed by atoms with E-state index in [0.29, 0.717) is 0 Å². The van der Waals surface area contributed by atoms with E-state index < -0.39 is 82.2 Å². The van der Waals surface area contributed by atoms with Crippen molar-refractivity contribution in [2.24, 2.45) is 0 Å². The van der Waals surface area contributed by atoms with Gasteiger partial charge in [0.05, 0.1) is 18.5 Å². The Morgan fingerprint density at radius 3 is 2.29 bits per heavy atom. The van der Waals surface area contributed by atoms with Crippen molar-refractivity contribution in [3.63, 3.8) is 0 Å². The van der Waals surface area contributed by atoms with Crippen LogP contribution in [0.3, 0.4) is 0 Å². The molecule has 18 nitrogen and oxygen atoms in total. The van der Waals surface area contributed by atoms with E-state index in [1.54, 1.807) is 27.7 Å². The molecule has 3 unspecified atom stereocenters. The average Bonchev–Trinajstić information content (AvgIpc) is 3.35. The monoisotopic (exact) mass is 611 g/mol. The number of aliphatic hydroxyl groups is 1. The third-order valence-corrected chi connectivity index (χ3v) is 6.60. The van der Waals surface area contributed by atoms with Gasteiger partial charge in [0, 0.05) is 6.42 Å². The maximum absolute atomic E-state index is 16.0. The smallest absolute Gasteiger partial charge is 0.432 e. The van der Waals surface area contributed by atoms with Crippen LogP contribution in [-0.4, -0.2) is 80.8 Å². The number of phosphoric acid groups is 1. The first-order valence-corrected chi connectivity index (χ1v) is 13.5. The van der Waals surface area contributed by atoms with Gasteiger partial charge in [-0.05, 0) is 34.6 Å². The molecule has 3 atom stereocenters. The number of carbonyl (C=O) groups excluding carboxylic acids is 2. The number of hydrogen-bond donors (Lipinski definition) is 3. The van der Waals surface area contributed by atoms with Gasteiger partial charge in [0.25, 0.3) is 11.4 Å². The van der Waals surface area contributed by atoms with Crippen molar-refractivity contribution in [3.05, 3.63) is 16.7 Å². The van der Waals surface area contributed by atoms with Gasteiger partial charge in [-0.2, -0.15) is 4.98 Å². The van der Waals surface area contributed by atoms with Crippen LogP contribution in [0, 0.1) is 0 Å². The summed E-state index contributed by atoms with van der Waals surface area (Å²) in [6.45, 7) is 3.92. The van der Waals surface area contributed by atoms with Crippen molar-refractivity contribution in [1.29, 1.82) is 0 Å². The third-order valence-electron chi connectivity index (χ3n) is 5.31. The minimum Gasteiger partial charge on any atom is -0.432 e. The normalized spacial score (nSPS) is 22.8. The van der Waals surface area contributed by atoms with E-state index in [1.807, 2.05) is 0 Å². The van der Waals surface area contributed by atoms with Gasteiger partial charge in [-0.3, -0.25) is 18.9 Å². The number of halogens is 1. The summed E-state index contributed by atoms with van der Waals surface area (Å²) < 4.78 is 69.3.